The van der Waals surface area contributed by atoms with Crippen LogP contribution in [-0.2, 0) is 11.0 Å². The van der Waals surface area contributed by atoms with Crippen LogP contribution in [0.25, 0.3) is 0 Å². The molecular weight excluding hydrogens is 349 g/mol. The zero-order valence-corrected chi connectivity index (χ0v) is 14.7. The summed E-state index contributed by atoms with van der Waals surface area (Å²) in [6, 6.07) is 1.32. The van der Waals surface area contributed by atoms with Crippen molar-refractivity contribution in [2.75, 3.05) is 12.1 Å². The Morgan fingerprint density at radius 2 is 2.04 bits per heavy atom. The van der Waals surface area contributed by atoms with E-state index in [9.17, 15) is 23.1 Å². The number of pyridine rings is 1. The molecule has 2 rings (SSSR count). The maximum Gasteiger partial charge on any atom is 0.417 e. The lowest BCUT2D eigenvalue weighted by molar-refractivity contribution is -0.137. The minimum absolute atomic E-state index is 0.111. The van der Waals surface area contributed by atoms with Gasteiger partial charge in [0.2, 0.25) is 0 Å². The van der Waals surface area contributed by atoms with Crippen molar-refractivity contribution in [2.45, 2.75) is 56.8 Å². The minimum atomic E-state index is -4.48. The van der Waals surface area contributed by atoms with Crippen LogP contribution >= 0.6 is 0 Å². The molecule has 9 heteroatoms. The first-order valence-corrected chi connectivity index (χ1v) is 8.69. The Bertz CT molecular complexity index is 589. The highest BCUT2D eigenvalue weighted by Crippen LogP contribution is 2.29. The van der Waals surface area contributed by atoms with E-state index in [1.165, 1.54) is 13.5 Å². The summed E-state index contributed by atoms with van der Waals surface area (Å²) in [6.45, 7) is 0. The van der Waals surface area contributed by atoms with Gasteiger partial charge in [-0.2, -0.15) is 13.2 Å². The van der Waals surface area contributed by atoms with E-state index in [0.29, 0.717) is 18.5 Å². The standard InChI is InChI=1S/C17H25F3N4O2/c1-24(14-8-7-12(10-22-14)17(18,19)20)23-16(26)15(25)13(21)9-11-5-3-2-4-6-11/h7-8,10-11,13,15,25H,2-6,9,21H2,1H3,(H,23,26)/t13-,15?/m1/s1. The fourth-order valence-electron chi connectivity index (χ4n) is 3.17. The fraction of sp³-hybridized carbons (Fsp3) is 0.647. The number of halogens is 3. The van der Waals surface area contributed by atoms with E-state index in [1.54, 1.807) is 0 Å². The molecule has 1 aliphatic rings. The number of hydrazine groups is 1. The van der Waals surface area contributed by atoms with Crippen LogP contribution in [0.4, 0.5) is 19.0 Å². The highest BCUT2D eigenvalue weighted by atomic mass is 19.4. The van der Waals surface area contributed by atoms with Gasteiger partial charge in [0.15, 0.2) is 0 Å². The number of alkyl halides is 3. The van der Waals surface area contributed by atoms with E-state index in [-0.39, 0.29) is 5.82 Å². The molecule has 1 aliphatic carbocycles. The van der Waals surface area contributed by atoms with Gasteiger partial charge in [0, 0.05) is 19.3 Å². The molecule has 0 aromatic carbocycles. The van der Waals surface area contributed by atoms with Gasteiger partial charge in [0.1, 0.15) is 11.9 Å². The van der Waals surface area contributed by atoms with Gasteiger partial charge in [-0.3, -0.25) is 15.2 Å². The molecule has 2 atom stereocenters. The maximum atomic E-state index is 12.5. The predicted molar refractivity (Wildman–Crippen MR) is 91.0 cm³/mol. The summed E-state index contributed by atoms with van der Waals surface area (Å²) in [5.41, 5.74) is 7.47. The molecule has 0 aliphatic heterocycles. The summed E-state index contributed by atoms with van der Waals surface area (Å²) in [6.07, 6.45) is 0.974. The number of hydrogen-bond donors (Lipinski definition) is 3. The van der Waals surface area contributed by atoms with Crippen LogP contribution < -0.4 is 16.2 Å². The summed E-state index contributed by atoms with van der Waals surface area (Å²) in [5, 5.41) is 11.3. The fourth-order valence-corrected chi connectivity index (χ4v) is 3.17. The lowest BCUT2D eigenvalue weighted by atomic mass is 9.84. The second kappa shape index (κ2) is 8.68. The first kappa shape index (κ1) is 20.4. The number of aliphatic hydroxyl groups excluding tert-OH is 1. The Labute approximate surface area is 150 Å². The van der Waals surface area contributed by atoms with Gasteiger partial charge in [-0.25, -0.2) is 4.98 Å². The van der Waals surface area contributed by atoms with Gasteiger partial charge >= 0.3 is 6.18 Å². The third-order valence-electron chi connectivity index (χ3n) is 4.70. The van der Waals surface area contributed by atoms with Crippen molar-refractivity contribution in [3.8, 4) is 0 Å². The number of rotatable bonds is 6. The molecule has 146 valence electrons. The predicted octanol–water partition coefficient (Wildman–Crippen LogP) is 2.23. The van der Waals surface area contributed by atoms with Crippen LogP contribution in [0.5, 0.6) is 0 Å². The molecule has 0 radical (unpaired) electrons. The van der Waals surface area contributed by atoms with Crippen molar-refractivity contribution >= 4 is 11.7 Å². The Kier molecular flexibility index (Phi) is 6.82. The van der Waals surface area contributed by atoms with Crippen molar-refractivity contribution < 1.29 is 23.1 Å². The molecule has 6 nitrogen and oxygen atoms in total. The Morgan fingerprint density at radius 1 is 1.38 bits per heavy atom. The Morgan fingerprint density at radius 3 is 2.58 bits per heavy atom. The van der Waals surface area contributed by atoms with Gasteiger partial charge in [0.25, 0.3) is 5.91 Å². The molecule has 1 heterocycles. The van der Waals surface area contributed by atoms with Crippen LogP contribution in [0.2, 0.25) is 0 Å². The Balaban J connectivity index is 1.88. The first-order valence-electron chi connectivity index (χ1n) is 8.69. The first-order chi connectivity index (χ1) is 12.2. The van der Waals surface area contributed by atoms with Gasteiger partial charge in [-0.1, -0.05) is 32.1 Å². The number of nitrogens with zero attached hydrogens (tertiary/aromatic N) is 2. The minimum Gasteiger partial charge on any atom is -0.382 e. The smallest absolute Gasteiger partial charge is 0.382 e. The normalized spacial score (nSPS) is 18.2. The number of carbonyl (C=O) groups excluding carboxylic acids is 1. The monoisotopic (exact) mass is 374 g/mol. The number of nitrogens with two attached hydrogens (primary N) is 1. The third kappa shape index (κ3) is 5.57. The van der Waals surface area contributed by atoms with Crippen LogP contribution in [0.1, 0.15) is 44.1 Å². The molecule has 1 saturated carbocycles. The molecule has 1 unspecified atom stereocenters. The molecule has 0 bridgehead atoms. The van der Waals surface area contributed by atoms with Gasteiger partial charge < -0.3 is 10.8 Å². The maximum absolute atomic E-state index is 12.5. The van der Waals surface area contributed by atoms with E-state index >= 15 is 0 Å². The molecular formula is C17H25F3N4O2. The van der Waals surface area contributed by atoms with Crippen LogP contribution in [0, 0.1) is 5.92 Å². The van der Waals surface area contributed by atoms with E-state index in [0.717, 1.165) is 42.8 Å². The van der Waals surface area contributed by atoms with E-state index in [4.69, 9.17) is 5.73 Å². The van der Waals surface area contributed by atoms with Crippen molar-refractivity contribution in [3.63, 3.8) is 0 Å². The van der Waals surface area contributed by atoms with E-state index in [1.807, 2.05) is 0 Å². The molecule has 0 spiro atoms. The average molecular weight is 374 g/mol. The number of aromatic nitrogens is 1. The molecule has 1 aromatic heterocycles. The van der Waals surface area contributed by atoms with Crippen molar-refractivity contribution in [1.29, 1.82) is 0 Å². The lowest BCUT2D eigenvalue weighted by Gasteiger charge is -2.28. The zero-order valence-electron chi connectivity index (χ0n) is 14.7. The van der Waals surface area contributed by atoms with Crippen LogP contribution in [0.3, 0.4) is 0 Å². The average Bonchev–Trinajstić information content (AvgIpc) is 2.61. The highest BCUT2D eigenvalue weighted by Gasteiger charge is 2.31. The van der Waals surface area contributed by atoms with Gasteiger partial charge in [0.05, 0.1) is 5.56 Å². The second-order valence-corrected chi connectivity index (χ2v) is 6.79. The number of carbonyl (C=O) groups is 1. The highest BCUT2D eigenvalue weighted by molar-refractivity contribution is 5.82. The van der Waals surface area contributed by atoms with Crippen LogP contribution in [-0.4, -0.2) is 35.2 Å². The lowest BCUT2D eigenvalue weighted by Crippen LogP contribution is -2.52. The molecule has 1 fully saturated rings. The molecule has 1 amide bonds. The summed E-state index contributed by atoms with van der Waals surface area (Å²) in [7, 11) is 1.42. The SMILES string of the molecule is CN(NC(=O)C(O)[C@H](N)CC1CCCCC1)c1ccc(C(F)(F)F)cn1. The zero-order chi connectivity index (χ0) is 19.3. The quantitative estimate of drug-likeness (QED) is 0.664. The van der Waals surface area contributed by atoms with E-state index < -0.39 is 29.8 Å². The summed E-state index contributed by atoms with van der Waals surface area (Å²) in [4.78, 5) is 15.8. The molecule has 0 saturated heterocycles. The number of hydrogen-bond acceptors (Lipinski definition) is 5. The van der Waals surface area contributed by atoms with Crippen molar-refractivity contribution in [2.24, 2.45) is 11.7 Å². The second-order valence-electron chi connectivity index (χ2n) is 6.79. The van der Waals surface area contributed by atoms with Gasteiger partial charge in [-0.05, 0) is 24.5 Å². The number of nitrogens with one attached hydrogen (secondary N) is 1. The topological polar surface area (TPSA) is 91.5 Å². The van der Waals surface area contributed by atoms with Crippen LogP contribution in [0.15, 0.2) is 18.3 Å². The van der Waals surface area contributed by atoms with Gasteiger partial charge in [-0.15, -0.1) is 0 Å². The molecule has 26 heavy (non-hydrogen) atoms. The molecule has 1 aromatic rings. The number of aliphatic hydroxyl groups is 1. The third-order valence-corrected chi connectivity index (χ3v) is 4.70. The summed E-state index contributed by atoms with van der Waals surface area (Å²) < 4.78 is 37.6. The Hall–Kier alpha value is -1.87. The van der Waals surface area contributed by atoms with Crippen molar-refractivity contribution in [1.82, 2.24) is 10.4 Å². The van der Waals surface area contributed by atoms with Crippen molar-refractivity contribution in [3.05, 3.63) is 23.9 Å². The molecule has 4 N–H and O–H groups in total. The summed E-state index contributed by atoms with van der Waals surface area (Å²) >= 11 is 0. The largest absolute Gasteiger partial charge is 0.417 e. The number of anilines is 1. The number of amides is 1. The van der Waals surface area contributed by atoms with E-state index in [2.05, 4.69) is 10.4 Å². The summed E-state index contributed by atoms with van der Waals surface area (Å²) in [5.74, 6) is -0.188.